The van der Waals surface area contributed by atoms with Gasteiger partial charge in [0.25, 0.3) is 11.9 Å². The third-order valence-corrected chi connectivity index (χ3v) is 7.27. The van der Waals surface area contributed by atoms with Crippen molar-refractivity contribution in [2.45, 2.75) is 37.8 Å². The Morgan fingerprint density at radius 3 is 2.65 bits per heavy atom. The molecule has 190 valence electrons. The summed E-state index contributed by atoms with van der Waals surface area (Å²) in [5, 5.41) is 4.05. The van der Waals surface area contributed by atoms with Gasteiger partial charge in [-0.3, -0.25) is 9.59 Å². The summed E-state index contributed by atoms with van der Waals surface area (Å²) in [6.45, 7) is 1.72. The molecule has 0 radical (unpaired) electrons. The number of hydrogen-bond acceptors (Lipinski definition) is 7. The van der Waals surface area contributed by atoms with Gasteiger partial charge in [0, 0.05) is 37.1 Å². The van der Waals surface area contributed by atoms with E-state index in [1.165, 1.54) is 0 Å². The molecule has 2 aliphatic heterocycles. The summed E-state index contributed by atoms with van der Waals surface area (Å²) in [5.74, 6) is 0.410. The molecule has 2 atom stereocenters. The van der Waals surface area contributed by atoms with Crippen molar-refractivity contribution in [1.29, 1.82) is 0 Å². The molecule has 6 rings (SSSR count). The van der Waals surface area contributed by atoms with Gasteiger partial charge in [0.1, 0.15) is 23.0 Å². The predicted molar refractivity (Wildman–Crippen MR) is 140 cm³/mol. The number of benzene rings is 2. The minimum atomic E-state index is -0.349. The summed E-state index contributed by atoms with van der Waals surface area (Å²) >= 11 is 0. The highest BCUT2D eigenvalue weighted by Crippen LogP contribution is 2.29. The number of anilines is 1. The van der Waals surface area contributed by atoms with Gasteiger partial charge in [-0.15, -0.1) is 0 Å². The first kappa shape index (κ1) is 23.3. The summed E-state index contributed by atoms with van der Waals surface area (Å²) in [7, 11) is 1.59. The fourth-order valence-corrected chi connectivity index (χ4v) is 5.36. The van der Waals surface area contributed by atoms with E-state index in [-0.39, 0.29) is 23.9 Å². The van der Waals surface area contributed by atoms with Crippen LogP contribution < -0.4 is 15.0 Å². The fourth-order valence-electron chi connectivity index (χ4n) is 5.36. The maximum absolute atomic E-state index is 13.4. The van der Waals surface area contributed by atoms with Crippen LogP contribution in [0.3, 0.4) is 0 Å². The van der Waals surface area contributed by atoms with Crippen LogP contribution in [0.2, 0.25) is 0 Å². The summed E-state index contributed by atoms with van der Waals surface area (Å²) in [6.07, 6.45) is 3.38. The van der Waals surface area contributed by atoms with Gasteiger partial charge in [-0.2, -0.15) is 4.98 Å². The van der Waals surface area contributed by atoms with Gasteiger partial charge < -0.3 is 24.3 Å². The first-order chi connectivity index (χ1) is 18.1. The molecule has 9 nitrogen and oxygen atoms in total. The number of hydrogen-bond donors (Lipinski definition) is 1. The van der Waals surface area contributed by atoms with Gasteiger partial charge in [-0.25, -0.2) is 4.98 Å². The van der Waals surface area contributed by atoms with Crippen LogP contribution in [0.5, 0.6) is 5.75 Å². The molecule has 0 bridgehead atoms. The number of carbonyl (C=O) groups is 2. The number of nitrogens with zero attached hydrogens (tertiary/aromatic N) is 4. The molecule has 2 amide bonds. The van der Waals surface area contributed by atoms with Crippen molar-refractivity contribution in [1.82, 2.24) is 20.2 Å². The summed E-state index contributed by atoms with van der Waals surface area (Å²) < 4.78 is 11.5. The molecular weight excluding hydrogens is 470 g/mol. The molecule has 4 heterocycles. The van der Waals surface area contributed by atoms with E-state index >= 15 is 0 Å². The molecule has 0 spiro atoms. The summed E-state index contributed by atoms with van der Waals surface area (Å²) in [4.78, 5) is 39.6. The molecule has 2 aliphatic rings. The van der Waals surface area contributed by atoms with Crippen LogP contribution in [0.15, 0.2) is 59.0 Å². The minimum absolute atomic E-state index is 0.0493. The molecular formula is C28H29N5O4. The number of pyridine rings is 1. The van der Waals surface area contributed by atoms with Gasteiger partial charge in [-0.05, 0) is 49.9 Å². The molecule has 2 fully saturated rings. The first-order valence-electron chi connectivity index (χ1n) is 12.8. The Hall–Kier alpha value is -4.14. The summed E-state index contributed by atoms with van der Waals surface area (Å²) in [5.41, 5.74) is 2.56. The number of piperidine rings is 1. The number of carbonyl (C=O) groups excluding carboxylic acids is 2. The van der Waals surface area contributed by atoms with Gasteiger partial charge >= 0.3 is 0 Å². The molecule has 1 N–H and O–H groups in total. The van der Waals surface area contributed by atoms with E-state index < -0.39 is 0 Å². The van der Waals surface area contributed by atoms with E-state index in [1.54, 1.807) is 18.1 Å². The largest absolute Gasteiger partial charge is 0.496 e. The summed E-state index contributed by atoms with van der Waals surface area (Å²) in [6, 6.07) is 16.9. The molecule has 2 aromatic carbocycles. The zero-order valence-corrected chi connectivity index (χ0v) is 20.7. The van der Waals surface area contributed by atoms with E-state index in [4.69, 9.17) is 9.15 Å². The number of amides is 2. The maximum atomic E-state index is 13.4. The lowest BCUT2D eigenvalue weighted by Crippen LogP contribution is -2.52. The van der Waals surface area contributed by atoms with Crippen molar-refractivity contribution in [2.75, 3.05) is 31.6 Å². The maximum Gasteiger partial charge on any atom is 0.299 e. The second-order valence-corrected chi connectivity index (χ2v) is 9.64. The Bertz CT molecular complexity index is 1430. The number of aromatic nitrogens is 2. The zero-order chi connectivity index (χ0) is 25.4. The zero-order valence-electron chi connectivity index (χ0n) is 20.7. The molecule has 37 heavy (non-hydrogen) atoms. The topological polar surface area (TPSA) is 101 Å². The number of fused-ring (bicyclic) bond motifs is 2. The van der Waals surface area contributed by atoms with Crippen LogP contribution in [0.4, 0.5) is 6.01 Å². The normalized spacial score (nSPS) is 19.9. The standard InChI is InChI=1S/C28H29N5O4/c1-36-25-16-22(30-20-9-3-2-8-19(20)25)27(35)32-15-13-18(17-32)29-26(34)23-11-6-7-14-33(23)28-31-21-10-4-5-12-24(21)37-28/h2-5,8-10,12,16,18,23H,6-7,11,13-15,17H2,1H3,(H,29,34)/t18-,23-/m0/s1. The number of nitrogens with one attached hydrogen (secondary N) is 1. The van der Waals surface area contributed by atoms with E-state index in [0.717, 1.165) is 36.7 Å². The van der Waals surface area contributed by atoms with Crippen molar-refractivity contribution in [3.05, 3.63) is 60.3 Å². The number of oxazole rings is 1. The average Bonchev–Trinajstić information content (AvgIpc) is 3.59. The Morgan fingerprint density at radius 2 is 1.81 bits per heavy atom. The number of methoxy groups -OCH3 is 1. The number of rotatable bonds is 5. The monoisotopic (exact) mass is 499 g/mol. The molecule has 2 aromatic heterocycles. The third-order valence-electron chi connectivity index (χ3n) is 7.27. The second-order valence-electron chi connectivity index (χ2n) is 9.64. The molecule has 0 saturated carbocycles. The lowest BCUT2D eigenvalue weighted by atomic mass is 10.0. The van der Waals surface area contributed by atoms with Gasteiger partial charge in [0.15, 0.2) is 5.58 Å². The van der Waals surface area contributed by atoms with E-state index in [2.05, 4.69) is 15.3 Å². The quantitative estimate of drug-likeness (QED) is 0.446. The third kappa shape index (κ3) is 4.45. The lowest BCUT2D eigenvalue weighted by Gasteiger charge is -2.34. The molecule has 0 unspecified atom stereocenters. The SMILES string of the molecule is COc1cc(C(=O)N2CC[C@H](NC(=O)[C@@H]3CCCCN3c3nc4ccccc4o3)C2)nc2ccccc12. The van der Waals surface area contributed by atoms with Gasteiger partial charge in [-0.1, -0.05) is 24.3 Å². The molecule has 4 aromatic rings. The Morgan fingerprint density at radius 1 is 1.00 bits per heavy atom. The van der Waals surface area contributed by atoms with Crippen molar-refractivity contribution < 1.29 is 18.7 Å². The van der Waals surface area contributed by atoms with Crippen LogP contribution in [0, 0.1) is 0 Å². The van der Waals surface area contributed by atoms with Crippen LogP contribution in [0.1, 0.15) is 36.2 Å². The highest BCUT2D eigenvalue weighted by molar-refractivity contribution is 5.97. The van der Waals surface area contributed by atoms with Crippen LogP contribution in [-0.2, 0) is 4.79 Å². The fraction of sp³-hybridized carbons (Fsp3) is 0.357. The highest BCUT2D eigenvalue weighted by atomic mass is 16.5. The van der Waals surface area contributed by atoms with Crippen molar-refractivity contribution in [3.8, 4) is 5.75 Å². The van der Waals surface area contributed by atoms with Crippen LogP contribution in [0.25, 0.3) is 22.0 Å². The number of likely N-dealkylation sites (tertiary alicyclic amines) is 1. The van der Waals surface area contributed by atoms with E-state index in [9.17, 15) is 9.59 Å². The predicted octanol–water partition coefficient (Wildman–Crippen LogP) is 3.77. The smallest absolute Gasteiger partial charge is 0.299 e. The Balaban J connectivity index is 1.14. The van der Waals surface area contributed by atoms with E-state index in [0.29, 0.717) is 48.1 Å². The van der Waals surface area contributed by atoms with E-state index in [1.807, 2.05) is 53.4 Å². The lowest BCUT2D eigenvalue weighted by molar-refractivity contribution is -0.123. The molecule has 9 heteroatoms. The number of para-hydroxylation sites is 3. The number of ether oxygens (including phenoxy) is 1. The molecule has 2 saturated heterocycles. The first-order valence-corrected chi connectivity index (χ1v) is 12.8. The van der Waals surface area contributed by atoms with Gasteiger partial charge in [0.05, 0.1) is 12.6 Å². The highest BCUT2D eigenvalue weighted by Gasteiger charge is 2.35. The minimum Gasteiger partial charge on any atom is -0.496 e. The van der Waals surface area contributed by atoms with Crippen molar-refractivity contribution in [2.24, 2.45) is 0 Å². The molecule has 0 aliphatic carbocycles. The Kier molecular flexibility index (Phi) is 6.12. The average molecular weight is 500 g/mol. The Labute approximate surface area is 214 Å². The van der Waals surface area contributed by atoms with Crippen molar-refractivity contribution in [3.63, 3.8) is 0 Å². The van der Waals surface area contributed by atoms with Crippen LogP contribution in [-0.4, -0.2) is 65.5 Å². The second kappa shape index (κ2) is 9.72. The van der Waals surface area contributed by atoms with Gasteiger partial charge in [0.2, 0.25) is 5.91 Å². The van der Waals surface area contributed by atoms with Crippen molar-refractivity contribution >= 4 is 39.8 Å². The van der Waals surface area contributed by atoms with Crippen LogP contribution >= 0.6 is 0 Å².